The molecule has 0 fully saturated rings. The number of sulfone groups is 1. The smallest absolute Gasteiger partial charge is 0.178 e. The lowest BCUT2D eigenvalue weighted by molar-refractivity contribution is 0.492. The third-order valence-electron chi connectivity index (χ3n) is 3.19. The molecular weight excluding hydrogens is 234 g/mol. The van der Waals surface area contributed by atoms with Crippen molar-refractivity contribution in [1.29, 1.82) is 0 Å². The van der Waals surface area contributed by atoms with Gasteiger partial charge in [0, 0.05) is 6.04 Å². The first-order valence-electron chi connectivity index (χ1n) is 6.11. The lowest BCUT2D eigenvalue weighted by Gasteiger charge is -2.26. The Hall–Kier alpha value is -0.870. The summed E-state index contributed by atoms with van der Waals surface area (Å²) in [5.74, 6) is 0.254. The average Bonchev–Trinajstić information content (AvgIpc) is 2.28. The molecule has 1 aromatic rings. The Balaban J connectivity index is 2.42. The molecular formula is C13H19NO2S. The summed E-state index contributed by atoms with van der Waals surface area (Å²) in [6.45, 7) is 5.04. The molecule has 1 heterocycles. The Morgan fingerprint density at radius 2 is 2.18 bits per heavy atom. The van der Waals surface area contributed by atoms with Crippen LogP contribution in [-0.4, -0.2) is 20.7 Å². The number of hydrogen-bond acceptors (Lipinski definition) is 3. The number of benzene rings is 1. The summed E-state index contributed by atoms with van der Waals surface area (Å²) in [6, 6.07) is 5.81. The van der Waals surface area contributed by atoms with Crippen molar-refractivity contribution in [2.75, 3.05) is 12.3 Å². The first-order valence-corrected chi connectivity index (χ1v) is 7.76. The third kappa shape index (κ3) is 2.53. The molecule has 17 heavy (non-hydrogen) atoms. The van der Waals surface area contributed by atoms with Crippen LogP contribution >= 0.6 is 0 Å². The minimum Gasteiger partial charge on any atom is -0.310 e. The van der Waals surface area contributed by atoms with Gasteiger partial charge in [-0.1, -0.05) is 24.6 Å². The Labute approximate surface area is 103 Å². The fraction of sp³-hybridized carbons (Fsp3) is 0.538. The van der Waals surface area contributed by atoms with E-state index in [-0.39, 0.29) is 11.8 Å². The Kier molecular flexibility index (Phi) is 3.54. The molecule has 0 aromatic heterocycles. The number of rotatable bonds is 3. The van der Waals surface area contributed by atoms with Gasteiger partial charge in [-0.05, 0) is 37.9 Å². The van der Waals surface area contributed by atoms with Gasteiger partial charge in [0.2, 0.25) is 0 Å². The van der Waals surface area contributed by atoms with Crippen LogP contribution in [-0.2, 0) is 9.84 Å². The van der Waals surface area contributed by atoms with Crippen molar-refractivity contribution in [3.05, 3.63) is 29.3 Å². The molecule has 4 heteroatoms. The molecule has 1 unspecified atom stereocenters. The van der Waals surface area contributed by atoms with Crippen LogP contribution in [0.3, 0.4) is 0 Å². The van der Waals surface area contributed by atoms with Crippen molar-refractivity contribution in [3.63, 3.8) is 0 Å². The van der Waals surface area contributed by atoms with Crippen molar-refractivity contribution in [2.24, 2.45) is 0 Å². The number of aryl methyl sites for hydroxylation is 1. The molecule has 1 aliphatic rings. The van der Waals surface area contributed by atoms with Gasteiger partial charge in [-0.15, -0.1) is 0 Å². The molecule has 0 saturated carbocycles. The van der Waals surface area contributed by atoms with E-state index in [0.29, 0.717) is 11.3 Å². The summed E-state index contributed by atoms with van der Waals surface area (Å²) in [6.07, 6.45) is 1.74. The fourth-order valence-corrected chi connectivity index (χ4v) is 3.89. The summed E-state index contributed by atoms with van der Waals surface area (Å²) in [4.78, 5) is 0.517. The molecule has 0 bridgehead atoms. The molecule has 0 amide bonds. The maximum atomic E-state index is 12.0. The van der Waals surface area contributed by atoms with Gasteiger partial charge in [0.25, 0.3) is 0 Å². The SMILES string of the molecule is CCCNC1CCS(=O)(=O)c2ccc(C)cc21. The second kappa shape index (κ2) is 4.78. The van der Waals surface area contributed by atoms with Crippen LogP contribution in [0, 0.1) is 6.92 Å². The average molecular weight is 253 g/mol. The third-order valence-corrected chi connectivity index (χ3v) is 5.01. The van der Waals surface area contributed by atoms with Crippen LogP contribution in [0.2, 0.25) is 0 Å². The summed E-state index contributed by atoms with van der Waals surface area (Å²) >= 11 is 0. The van der Waals surface area contributed by atoms with E-state index < -0.39 is 9.84 Å². The van der Waals surface area contributed by atoms with Gasteiger partial charge in [0.1, 0.15) is 0 Å². The molecule has 0 aliphatic carbocycles. The van der Waals surface area contributed by atoms with Gasteiger partial charge in [0.05, 0.1) is 10.6 Å². The van der Waals surface area contributed by atoms with Crippen molar-refractivity contribution >= 4 is 9.84 Å². The summed E-state index contributed by atoms with van der Waals surface area (Å²) < 4.78 is 24.0. The molecule has 1 aliphatic heterocycles. The monoisotopic (exact) mass is 253 g/mol. The number of hydrogen-bond donors (Lipinski definition) is 1. The van der Waals surface area contributed by atoms with Crippen molar-refractivity contribution in [3.8, 4) is 0 Å². The van der Waals surface area contributed by atoms with Crippen molar-refractivity contribution < 1.29 is 8.42 Å². The van der Waals surface area contributed by atoms with Gasteiger partial charge in [-0.2, -0.15) is 0 Å². The summed E-state index contributed by atoms with van der Waals surface area (Å²) in [5.41, 5.74) is 2.06. The van der Waals surface area contributed by atoms with E-state index in [1.165, 1.54) is 0 Å². The quantitative estimate of drug-likeness (QED) is 0.898. The molecule has 1 atom stereocenters. The van der Waals surface area contributed by atoms with Crippen LogP contribution in [0.1, 0.15) is 36.9 Å². The fourth-order valence-electron chi connectivity index (χ4n) is 2.29. The molecule has 0 radical (unpaired) electrons. The first kappa shape index (κ1) is 12.6. The van der Waals surface area contributed by atoms with E-state index in [4.69, 9.17) is 0 Å². The summed E-state index contributed by atoms with van der Waals surface area (Å²) in [5, 5.41) is 3.43. The van der Waals surface area contributed by atoms with Crippen molar-refractivity contribution in [2.45, 2.75) is 37.6 Å². The highest BCUT2D eigenvalue weighted by Gasteiger charge is 2.29. The lowest BCUT2D eigenvalue weighted by Crippen LogP contribution is -2.30. The van der Waals surface area contributed by atoms with Gasteiger partial charge >= 0.3 is 0 Å². The highest BCUT2D eigenvalue weighted by molar-refractivity contribution is 7.91. The molecule has 2 rings (SSSR count). The standard InChI is InChI=1S/C13H19NO2S/c1-3-7-14-12-6-8-17(15,16)13-5-4-10(2)9-11(12)13/h4-5,9,12,14H,3,6-8H2,1-2H3. The van der Waals surface area contributed by atoms with Gasteiger partial charge in [0.15, 0.2) is 9.84 Å². The zero-order valence-electron chi connectivity index (χ0n) is 10.4. The summed E-state index contributed by atoms with van der Waals surface area (Å²) in [7, 11) is -3.06. The Morgan fingerprint density at radius 1 is 1.41 bits per heavy atom. The van der Waals surface area contributed by atoms with Gasteiger partial charge in [-0.25, -0.2) is 8.42 Å². The van der Waals surface area contributed by atoms with Crippen LogP contribution in [0.25, 0.3) is 0 Å². The molecule has 1 aromatic carbocycles. The minimum atomic E-state index is -3.06. The molecule has 94 valence electrons. The van der Waals surface area contributed by atoms with Crippen LogP contribution in [0.15, 0.2) is 23.1 Å². The minimum absolute atomic E-state index is 0.188. The Morgan fingerprint density at radius 3 is 2.88 bits per heavy atom. The normalized spacial score (nSPS) is 22.1. The number of nitrogens with one attached hydrogen (secondary N) is 1. The van der Waals surface area contributed by atoms with E-state index in [1.807, 2.05) is 19.1 Å². The van der Waals surface area contributed by atoms with Crippen molar-refractivity contribution in [1.82, 2.24) is 5.32 Å². The Bertz CT molecular complexity index is 508. The molecule has 0 saturated heterocycles. The van der Waals surface area contributed by atoms with Gasteiger partial charge in [-0.3, -0.25) is 0 Å². The molecule has 1 N–H and O–H groups in total. The molecule has 3 nitrogen and oxygen atoms in total. The first-order chi connectivity index (χ1) is 8.04. The predicted molar refractivity (Wildman–Crippen MR) is 68.9 cm³/mol. The van der Waals surface area contributed by atoms with E-state index in [2.05, 4.69) is 12.2 Å². The highest BCUT2D eigenvalue weighted by Crippen LogP contribution is 2.32. The molecule has 0 spiro atoms. The van der Waals surface area contributed by atoms with E-state index >= 15 is 0 Å². The van der Waals surface area contributed by atoms with E-state index in [0.717, 1.165) is 24.1 Å². The predicted octanol–water partition coefficient (Wildman–Crippen LogP) is 2.21. The number of fused-ring (bicyclic) bond motifs is 1. The maximum absolute atomic E-state index is 12.0. The van der Waals surface area contributed by atoms with Gasteiger partial charge < -0.3 is 5.32 Å². The van der Waals surface area contributed by atoms with Crippen LogP contribution in [0.5, 0.6) is 0 Å². The van der Waals surface area contributed by atoms with E-state index in [9.17, 15) is 8.42 Å². The highest BCUT2D eigenvalue weighted by atomic mass is 32.2. The lowest BCUT2D eigenvalue weighted by atomic mass is 10.0. The van der Waals surface area contributed by atoms with Crippen LogP contribution < -0.4 is 5.32 Å². The zero-order valence-corrected chi connectivity index (χ0v) is 11.2. The topological polar surface area (TPSA) is 46.2 Å². The zero-order chi connectivity index (χ0) is 12.5. The van der Waals surface area contributed by atoms with Crippen LogP contribution in [0.4, 0.5) is 0 Å². The van der Waals surface area contributed by atoms with E-state index in [1.54, 1.807) is 6.07 Å². The second-order valence-electron chi connectivity index (χ2n) is 4.66. The maximum Gasteiger partial charge on any atom is 0.178 e. The largest absolute Gasteiger partial charge is 0.310 e. The second-order valence-corrected chi connectivity index (χ2v) is 6.73.